The fourth-order valence-corrected chi connectivity index (χ4v) is 3.32. The summed E-state index contributed by atoms with van der Waals surface area (Å²) in [6.07, 6.45) is 12.5. The fraction of sp³-hybridized carbons (Fsp3) is 0.350. The van der Waals surface area contributed by atoms with E-state index in [9.17, 15) is 4.79 Å². The van der Waals surface area contributed by atoms with E-state index in [1.165, 1.54) is 11.9 Å². The Kier molecular flexibility index (Phi) is 6.13. The Morgan fingerprint density at radius 1 is 1.33 bits per heavy atom. The first-order chi connectivity index (χ1) is 13.0. The Morgan fingerprint density at radius 3 is 2.89 bits per heavy atom. The van der Waals surface area contributed by atoms with Gasteiger partial charge in [0.25, 0.3) is 5.91 Å². The zero-order chi connectivity index (χ0) is 19.4. The number of hydrogen-bond acceptors (Lipinski definition) is 5. The third-order valence-electron chi connectivity index (χ3n) is 4.53. The molecule has 0 saturated heterocycles. The van der Waals surface area contributed by atoms with Gasteiger partial charge in [0.05, 0.1) is 23.3 Å². The van der Waals surface area contributed by atoms with Gasteiger partial charge in [-0.25, -0.2) is 9.97 Å². The lowest BCUT2D eigenvalue weighted by atomic mass is 10.00. The van der Waals surface area contributed by atoms with E-state index in [1.807, 2.05) is 16.9 Å². The smallest absolute Gasteiger partial charge is 0.251 e. The predicted molar refractivity (Wildman–Crippen MR) is 110 cm³/mol. The summed E-state index contributed by atoms with van der Waals surface area (Å²) in [6.45, 7) is 5.09. The maximum atomic E-state index is 12.1. The molecule has 0 fully saturated rings. The van der Waals surface area contributed by atoms with Gasteiger partial charge >= 0.3 is 0 Å². The van der Waals surface area contributed by atoms with E-state index in [1.54, 1.807) is 18.0 Å². The van der Waals surface area contributed by atoms with Gasteiger partial charge in [0.2, 0.25) is 0 Å². The van der Waals surface area contributed by atoms with Crippen molar-refractivity contribution in [3.8, 4) is 0 Å². The molecule has 1 aliphatic rings. The van der Waals surface area contributed by atoms with Gasteiger partial charge < -0.3 is 15.0 Å². The number of nitrogens with zero attached hydrogens (tertiary/aromatic N) is 3. The molecule has 2 aromatic rings. The van der Waals surface area contributed by atoms with Gasteiger partial charge in [-0.15, -0.1) is 0 Å². The number of carbonyl (C=O) groups is 1. The van der Waals surface area contributed by atoms with Crippen LogP contribution in [0.5, 0.6) is 0 Å². The highest BCUT2D eigenvalue weighted by Gasteiger charge is 2.21. The Balaban J connectivity index is 2.12. The number of aromatic nitrogens is 3. The van der Waals surface area contributed by atoms with Crippen LogP contribution in [0.15, 0.2) is 41.9 Å². The number of hydrogen-bond donors (Lipinski definition) is 1. The Morgan fingerprint density at radius 2 is 2.15 bits per heavy atom. The largest absolute Gasteiger partial charge is 0.366 e. The van der Waals surface area contributed by atoms with E-state index in [0.717, 1.165) is 29.0 Å². The zero-order valence-corrected chi connectivity index (χ0v) is 16.7. The lowest BCUT2D eigenvalue weighted by Crippen LogP contribution is -2.11. The van der Waals surface area contributed by atoms with Crippen molar-refractivity contribution < 1.29 is 9.53 Å². The highest BCUT2D eigenvalue weighted by Crippen LogP contribution is 2.32. The molecule has 2 N–H and O–H groups in total. The van der Waals surface area contributed by atoms with Gasteiger partial charge in [0, 0.05) is 17.5 Å². The van der Waals surface area contributed by atoms with Crippen molar-refractivity contribution in [2.24, 2.45) is 5.73 Å². The van der Waals surface area contributed by atoms with E-state index in [2.05, 4.69) is 36.0 Å². The van der Waals surface area contributed by atoms with Crippen LogP contribution < -0.4 is 5.73 Å². The molecule has 1 amide bonds. The Labute approximate surface area is 163 Å². The van der Waals surface area contributed by atoms with Gasteiger partial charge in [-0.1, -0.05) is 23.8 Å². The fourth-order valence-electron chi connectivity index (χ4n) is 3.03. The third kappa shape index (κ3) is 4.14. The molecule has 0 aromatic carbocycles. The summed E-state index contributed by atoms with van der Waals surface area (Å²) in [5, 5.41) is 0.672. The highest BCUT2D eigenvalue weighted by atomic mass is 32.2. The predicted octanol–water partition coefficient (Wildman–Crippen LogP) is 3.55. The molecule has 7 heteroatoms. The quantitative estimate of drug-likeness (QED) is 0.738. The van der Waals surface area contributed by atoms with Crippen molar-refractivity contribution >= 4 is 34.3 Å². The topological polar surface area (TPSA) is 83.0 Å². The second-order valence-electron chi connectivity index (χ2n) is 6.51. The number of fused-ring (bicyclic) bond motifs is 1. The molecule has 6 nitrogen and oxygen atoms in total. The zero-order valence-electron chi connectivity index (χ0n) is 15.9. The molecule has 0 saturated carbocycles. The third-order valence-corrected chi connectivity index (χ3v) is 5.10. The maximum Gasteiger partial charge on any atom is 0.251 e. The van der Waals surface area contributed by atoms with Crippen LogP contribution in [-0.2, 0) is 11.5 Å². The lowest BCUT2D eigenvalue weighted by Gasteiger charge is -2.09. The highest BCUT2D eigenvalue weighted by molar-refractivity contribution is 7.98. The summed E-state index contributed by atoms with van der Waals surface area (Å²) in [5.41, 5.74) is 10.8. The molecule has 0 bridgehead atoms. The molecular formula is C20H24N4O2S. The van der Waals surface area contributed by atoms with Crippen molar-refractivity contribution in [2.75, 3.05) is 18.6 Å². The van der Waals surface area contributed by atoms with E-state index in [4.69, 9.17) is 10.5 Å². The van der Waals surface area contributed by atoms with Crippen LogP contribution in [0.3, 0.4) is 0 Å². The standard InChI is InChI=1S/C20H24N4O2S/c1-13-4-6-14(2)15(7-5-13)18-17-16(19(21)25)10-24(12-26-8-9-27-3)20(17)23-11-22-18/h5-7,10-11H,4,8-9,12H2,1-3H3,(H2,21,25). The van der Waals surface area contributed by atoms with E-state index in [-0.39, 0.29) is 0 Å². The number of amides is 1. The number of allylic oxidation sites excluding steroid dienone is 6. The van der Waals surface area contributed by atoms with E-state index >= 15 is 0 Å². The molecule has 2 heterocycles. The van der Waals surface area contributed by atoms with Gasteiger partial charge in [-0.05, 0) is 32.1 Å². The minimum atomic E-state index is -0.499. The van der Waals surface area contributed by atoms with Crippen molar-refractivity contribution in [1.82, 2.24) is 14.5 Å². The lowest BCUT2D eigenvalue weighted by molar-refractivity contribution is 0.0921. The second-order valence-corrected chi connectivity index (χ2v) is 7.50. The summed E-state index contributed by atoms with van der Waals surface area (Å²) in [7, 11) is 0. The number of primary amides is 1. The van der Waals surface area contributed by atoms with Crippen LogP contribution >= 0.6 is 11.8 Å². The van der Waals surface area contributed by atoms with E-state index < -0.39 is 5.91 Å². The van der Waals surface area contributed by atoms with Gasteiger partial charge in [0.1, 0.15) is 18.7 Å². The number of thioether (sulfide) groups is 1. The van der Waals surface area contributed by atoms with Crippen LogP contribution in [0.25, 0.3) is 16.6 Å². The molecule has 0 radical (unpaired) electrons. The van der Waals surface area contributed by atoms with Crippen molar-refractivity contribution in [2.45, 2.75) is 27.0 Å². The maximum absolute atomic E-state index is 12.1. The SMILES string of the molecule is CSCCOCn1cc(C(N)=O)c2c(C3=CC=C(C)CC=C3C)ncnc21. The molecule has 3 rings (SSSR count). The van der Waals surface area contributed by atoms with Crippen molar-refractivity contribution in [3.05, 3.63) is 53.2 Å². The average Bonchev–Trinajstić information content (AvgIpc) is 2.94. The average molecular weight is 385 g/mol. The first-order valence-corrected chi connectivity index (χ1v) is 10.2. The van der Waals surface area contributed by atoms with Crippen molar-refractivity contribution in [1.29, 1.82) is 0 Å². The second kappa shape index (κ2) is 8.54. The van der Waals surface area contributed by atoms with Crippen LogP contribution in [0.4, 0.5) is 0 Å². The first kappa shape index (κ1) is 19.4. The molecule has 0 unspecified atom stereocenters. The van der Waals surface area contributed by atoms with Crippen LogP contribution in [0.1, 0.15) is 36.3 Å². The van der Waals surface area contributed by atoms with Crippen LogP contribution in [0, 0.1) is 0 Å². The number of nitrogens with two attached hydrogens (primary N) is 1. The van der Waals surface area contributed by atoms with Gasteiger partial charge in [0.15, 0.2) is 0 Å². The van der Waals surface area contributed by atoms with Crippen molar-refractivity contribution in [3.63, 3.8) is 0 Å². The number of rotatable bonds is 7. The molecule has 0 aliphatic heterocycles. The van der Waals surface area contributed by atoms with E-state index in [0.29, 0.717) is 29.9 Å². The summed E-state index contributed by atoms with van der Waals surface area (Å²) in [4.78, 5) is 21.0. The monoisotopic (exact) mass is 384 g/mol. The summed E-state index contributed by atoms with van der Waals surface area (Å²) < 4.78 is 7.51. The molecular weight excluding hydrogens is 360 g/mol. The molecule has 0 atom stereocenters. The molecule has 1 aliphatic carbocycles. The summed E-state index contributed by atoms with van der Waals surface area (Å²) in [5.74, 6) is 0.409. The number of carbonyl (C=O) groups excluding carboxylic acids is 1. The molecule has 0 spiro atoms. The van der Waals surface area contributed by atoms with Crippen LogP contribution in [-0.4, -0.2) is 39.1 Å². The molecule has 142 valence electrons. The van der Waals surface area contributed by atoms with Gasteiger partial charge in [-0.3, -0.25) is 4.79 Å². The number of ether oxygens (including phenoxy) is 1. The summed E-state index contributed by atoms with van der Waals surface area (Å²) >= 11 is 1.72. The van der Waals surface area contributed by atoms with Crippen LogP contribution in [0.2, 0.25) is 0 Å². The normalized spacial score (nSPS) is 14.6. The molecule has 27 heavy (non-hydrogen) atoms. The minimum absolute atomic E-state index is 0.313. The Bertz CT molecular complexity index is 956. The summed E-state index contributed by atoms with van der Waals surface area (Å²) in [6, 6.07) is 0. The molecule has 2 aromatic heterocycles. The Hall–Kier alpha value is -2.38. The minimum Gasteiger partial charge on any atom is -0.366 e. The first-order valence-electron chi connectivity index (χ1n) is 8.78. The van der Waals surface area contributed by atoms with Gasteiger partial charge in [-0.2, -0.15) is 11.8 Å².